The average molecular weight is 512 g/mol. The zero-order valence-corrected chi connectivity index (χ0v) is 21.4. The third kappa shape index (κ3) is 5.67. The van der Waals surface area contributed by atoms with Crippen molar-refractivity contribution in [2.24, 2.45) is 5.92 Å². The first-order chi connectivity index (χ1) is 16.1. The molecule has 6 heteroatoms. The van der Waals surface area contributed by atoms with Crippen LogP contribution in [0.15, 0.2) is 53.0 Å². The highest BCUT2D eigenvalue weighted by atomic mass is 79.9. The molecule has 0 unspecified atom stereocenters. The number of nitrogens with zero attached hydrogens (tertiary/aromatic N) is 4. The highest BCUT2D eigenvalue weighted by Crippen LogP contribution is 2.26. The molecule has 1 aromatic heterocycles. The summed E-state index contributed by atoms with van der Waals surface area (Å²) in [5.74, 6) is 1.46. The number of halogens is 1. The highest BCUT2D eigenvalue weighted by molar-refractivity contribution is 9.10. The van der Waals surface area contributed by atoms with Crippen LogP contribution in [-0.2, 0) is 11.3 Å². The van der Waals surface area contributed by atoms with Gasteiger partial charge in [0.15, 0.2) is 0 Å². The predicted octanol–water partition coefficient (Wildman–Crippen LogP) is 6.04. The molecule has 1 saturated heterocycles. The number of imidazole rings is 1. The number of hydrogen-bond donors (Lipinski definition) is 0. The van der Waals surface area contributed by atoms with E-state index in [1.165, 1.54) is 0 Å². The molecule has 1 atom stereocenters. The van der Waals surface area contributed by atoms with Gasteiger partial charge in [-0.05, 0) is 62.6 Å². The van der Waals surface area contributed by atoms with Crippen LogP contribution in [0.4, 0.5) is 0 Å². The predicted molar refractivity (Wildman–Crippen MR) is 139 cm³/mol. The van der Waals surface area contributed by atoms with Crippen molar-refractivity contribution in [2.45, 2.75) is 52.5 Å². The molecule has 33 heavy (non-hydrogen) atoms. The number of likely N-dealkylation sites (tertiary alicyclic amines) is 1. The van der Waals surface area contributed by atoms with Crippen LogP contribution < -0.4 is 0 Å². The van der Waals surface area contributed by atoms with Gasteiger partial charge < -0.3 is 4.90 Å². The molecule has 0 radical (unpaired) electrons. The van der Waals surface area contributed by atoms with Crippen LogP contribution in [0.3, 0.4) is 0 Å². The molecule has 5 nitrogen and oxygen atoms in total. The molecule has 1 amide bonds. The second-order valence-corrected chi connectivity index (χ2v) is 10.0. The van der Waals surface area contributed by atoms with Crippen molar-refractivity contribution in [1.82, 2.24) is 19.4 Å². The summed E-state index contributed by atoms with van der Waals surface area (Å²) in [7, 11) is 0. The molecule has 3 aromatic rings. The maximum Gasteiger partial charge on any atom is 0.226 e. The van der Waals surface area contributed by atoms with Crippen molar-refractivity contribution in [2.75, 3.05) is 26.2 Å². The van der Waals surface area contributed by atoms with E-state index in [0.29, 0.717) is 5.91 Å². The zero-order valence-electron chi connectivity index (χ0n) is 19.8. The van der Waals surface area contributed by atoms with Gasteiger partial charge >= 0.3 is 0 Å². The Bertz CT molecular complexity index is 1080. The molecule has 0 N–H and O–H groups in total. The Hall–Kier alpha value is -2.18. The Morgan fingerprint density at radius 1 is 1.12 bits per heavy atom. The number of fused-ring (bicyclic) bond motifs is 1. The van der Waals surface area contributed by atoms with Gasteiger partial charge in [-0.1, -0.05) is 54.4 Å². The van der Waals surface area contributed by atoms with E-state index < -0.39 is 0 Å². The first-order valence-electron chi connectivity index (χ1n) is 12.3. The minimum absolute atomic E-state index is 0.0888. The summed E-state index contributed by atoms with van der Waals surface area (Å²) in [5.41, 5.74) is 3.22. The number of aromatic nitrogens is 2. The van der Waals surface area contributed by atoms with Crippen molar-refractivity contribution in [3.05, 3.63) is 58.8 Å². The van der Waals surface area contributed by atoms with E-state index in [1.807, 2.05) is 12.1 Å². The SMILES string of the molecule is CCCCN(CCC)C(=O)[C@H]1CCCN(Cc2nc3ccccc3n2-c2cccc(Br)c2)C1. The number of hydrogen-bond acceptors (Lipinski definition) is 3. The van der Waals surface area contributed by atoms with E-state index in [1.54, 1.807) is 0 Å². The summed E-state index contributed by atoms with van der Waals surface area (Å²) in [6, 6.07) is 16.7. The largest absolute Gasteiger partial charge is 0.342 e. The van der Waals surface area contributed by atoms with Crippen molar-refractivity contribution in [1.29, 1.82) is 0 Å². The zero-order chi connectivity index (χ0) is 23.2. The number of carbonyl (C=O) groups excluding carboxylic acids is 1. The number of benzene rings is 2. The van der Waals surface area contributed by atoms with Crippen LogP contribution in [0.1, 0.15) is 51.8 Å². The van der Waals surface area contributed by atoms with Crippen LogP contribution in [0.5, 0.6) is 0 Å². The normalized spacial score (nSPS) is 16.9. The van der Waals surface area contributed by atoms with Gasteiger partial charge in [0.05, 0.1) is 23.5 Å². The van der Waals surface area contributed by atoms with Crippen LogP contribution >= 0.6 is 15.9 Å². The Balaban J connectivity index is 1.56. The fourth-order valence-corrected chi connectivity index (χ4v) is 5.28. The van der Waals surface area contributed by atoms with Crippen molar-refractivity contribution >= 4 is 32.9 Å². The topological polar surface area (TPSA) is 41.4 Å². The summed E-state index contributed by atoms with van der Waals surface area (Å²) in [4.78, 5) is 22.9. The van der Waals surface area contributed by atoms with Crippen LogP contribution in [0.25, 0.3) is 16.7 Å². The Labute approximate surface area is 205 Å². The summed E-state index contributed by atoms with van der Waals surface area (Å²) in [6.45, 7) is 8.67. The van der Waals surface area contributed by atoms with Crippen LogP contribution in [-0.4, -0.2) is 51.4 Å². The van der Waals surface area contributed by atoms with E-state index >= 15 is 0 Å². The van der Waals surface area contributed by atoms with Gasteiger partial charge in [-0.3, -0.25) is 14.3 Å². The monoisotopic (exact) mass is 510 g/mol. The van der Waals surface area contributed by atoms with Gasteiger partial charge in [-0.15, -0.1) is 0 Å². The van der Waals surface area contributed by atoms with Crippen LogP contribution in [0, 0.1) is 5.92 Å². The molecule has 0 saturated carbocycles. The van der Waals surface area contributed by atoms with Crippen molar-refractivity contribution in [3.63, 3.8) is 0 Å². The van der Waals surface area contributed by atoms with E-state index in [4.69, 9.17) is 4.98 Å². The van der Waals surface area contributed by atoms with Gasteiger partial charge in [0.25, 0.3) is 0 Å². The quantitative estimate of drug-likeness (QED) is 0.352. The lowest BCUT2D eigenvalue weighted by atomic mass is 9.96. The molecular weight excluding hydrogens is 476 g/mol. The molecule has 0 spiro atoms. The van der Waals surface area contributed by atoms with Crippen molar-refractivity contribution in [3.8, 4) is 5.69 Å². The number of unbranched alkanes of at least 4 members (excludes halogenated alkanes) is 1. The molecule has 0 bridgehead atoms. The Morgan fingerprint density at radius 2 is 1.97 bits per heavy atom. The minimum Gasteiger partial charge on any atom is -0.342 e. The fraction of sp³-hybridized carbons (Fsp3) is 0.481. The third-order valence-electron chi connectivity index (χ3n) is 6.50. The van der Waals surface area contributed by atoms with Gasteiger partial charge in [0.2, 0.25) is 5.91 Å². The molecule has 4 rings (SSSR count). The minimum atomic E-state index is 0.0888. The second-order valence-electron chi connectivity index (χ2n) is 9.09. The Kier molecular flexibility index (Phi) is 8.20. The summed E-state index contributed by atoms with van der Waals surface area (Å²) < 4.78 is 3.31. The van der Waals surface area contributed by atoms with E-state index in [9.17, 15) is 4.79 Å². The van der Waals surface area contributed by atoms with Gasteiger partial charge in [-0.25, -0.2) is 4.98 Å². The van der Waals surface area contributed by atoms with Gasteiger partial charge in [0, 0.05) is 29.8 Å². The first-order valence-corrected chi connectivity index (χ1v) is 13.1. The fourth-order valence-electron chi connectivity index (χ4n) is 4.90. The van der Waals surface area contributed by atoms with Gasteiger partial charge in [0.1, 0.15) is 5.82 Å². The van der Waals surface area contributed by atoms with E-state index in [0.717, 1.165) is 91.8 Å². The molecule has 1 fully saturated rings. The molecule has 1 aliphatic rings. The van der Waals surface area contributed by atoms with E-state index in [2.05, 4.69) is 80.5 Å². The third-order valence-corrected chi connectivity index (χ3v) is 7.00. The highest BCUT2D eigenvalue weighted by Gasteiger charge is 2.29. The number of para-hydroxylation sites is 2. The average Bonchev–Trinajstić information content (AvgIpc) is 3.19. The molecule has 2 aromatic carbocycles. The number of amides is 1. The second kappa shape index (κ2) is 11.3. The first kappa shape index (κ1) is 24.0. The lowest BCUT2D eigenvalue weighted by Gasteiger charge is -2.35. The molecule has 0 aliphatic carbocycles. The lowest BCUT2D eigenvalue weighted by molar-refractivity contribution is -0.137. The van der Waals surface area contributed by atoms with Crippen LogP contribution in [0.2, 0.25) is 0 Å². The Morgan fingerprint density at radius 3 is 2.76 bits per heavy atom. The lowest BCUT2D eigenvalue weighted by Crippen LogP contribution is -2.45. The van der Waals surface area contributed by atoms with E-state index in [-0.39, 0.29) is 5.92 Å². The number of rotatable bonds is 9. The molecule has 176 valence electrons. The van der Waals surface area contributed by atoms with Gasteiger partial charge in [-0.2, -0.15) is 0 Å². The summed E-state index contributed by atoms with van der Waals surface area (Å²) in [6.07, 6.45) is 5.27. The molecule has 2 heterocycles. The standard InChI is InChI=1S/C27H35BrN4O/c1-3-5-17-31(15-4-2)27(33)21-10-9-16-30(19-21)20-26-29-24-13-6-7-14-25(24)32(26)23-12-8-11-22(28)18-23/h6-8,11-14,18,21H,3-5,9-10,15-17,19-20H2,1-2H3/t21-/m0/s1. The summed E-state index contributed by atoms with van der Waals surface area (Å²) >= 11 is 3.62. The summed E-state index contributed by atoms with van der Waals surface area (Å²) in [5, 5.41) is 0. The maximum absolute atomic E-state index is 13.3. The molecule has 1 aliphatic heterocycles. The van der Waals surface area contributed by atoms with Crippen molar-refractivity contribution < 1.29 is 4.79 Å². The smallest absolute Gasteiger partial charge is 0.226 e. The number of piperidine rings is 1. The maximum atomic E-state index is 13.3. The molecular formula is C27H35BrN4O. The number of carbonyl (C=O) groups is 1.